The number of fused-ring (bicyclic) bond motifs is 1. The van der Waals surface area contributed by atoms with Gasteiger partial charge in [-0.2, -0.15) is 0 Å². The summed E-state index contributed by atoms with van der Waals surface area (Å²) >= 11 is 6.18. The van der Waals surface area contributed by atoms with Crippen LogP contribution in [0, 0.1) is 0 Å². The van der Waals surface area contributed by atoms with Crippen molar-refractivity contribution < 1.29 is 9.32 Å². The quantitative estimate of drug-likeness (QED) is 0.686. The van der Waals surface area contributed by atoms with E-state index in [1.165, 1.54) is 5.56 Å². The average molecular weight is 339 g/mol. The maximum absolute atomic E-state index is 12.9. The largest absolute Gasteiger partial charge is 0.355 e. The molecule has 0 fully saturated rings. The predicted molar refractivity (Wildman–Crippen MR) is 93.4 cm³/mol. The zero-order valence-electron chi connectivity index (χ0n) is 12.9. The minimum atomic E-state index is -0.149. The van der Waals surface area contributed by atoms with Crippen LogP contribution in [0.4, 0.5) is 5.69 Å². The lowest BCUT2D eigenvalue weighted by Gasteiger charge is -2.28. The highest BCUT2D eigenvalue weighted by Crippen LogP contribution is 2.31. The standard InChI is InChI=1S/C19H15ClN2O2/c20-15-9-3-2-8-14(15)18-12-16(21-24-18)19(23)22-11-5-7-13-6-1-4-10-17(13)22/h1-4,6,8-10,12H,5,7,11H2. The molecule has 120 valence electrons. The van der Waals surface area contributed by atoms with Crippen molar-refractivity contribution in [2.45, 2.75) is 12.8 Å². The highest BCUT2D eigenvalue weighted by atomic mass is 35.5. The molecule has 1 aliphatic heterocycles. The van der Waals surface area contributed by atoms with Crippen LogP contribution in [0.5, 0.6) is 0 Å². The first-order chi connectivity index (χ1) is 11.7. The molecule has 1 aromatic heterocycles. The van der Waals surface area contributed by atoms with Gasteiger partial charge in [0.05, 0.1) is 5.02 Å². The van der Waals surface area contributed by atoms with Gasteiger partial charge in [-0.05, 0) is 36.6 Å². The van der Waals surface area contributed by atoms with Crippen LogP contribution in [0.15, 0.2) is 59.1 Å². The number of carbonyl (C=O) groups excluding carboxylic acids is 1. The minimum Gasteiger partial charge on any atom is -0.355 e. The summed E-state index contributed by atoms with van der Waals surface area (Å²) in [5.41, 5.74) is 3.16. The number of para-hydroxylation sites is 1. The van der Waals surface area contributed by atoms with Gasteiger partial charge in [0.2, 0.25) is 0 Å². The molecule has 0 radical (unpaired) electrons. The van der Waals surface area contributed by atoms with Gasteiger partial charge >= 0.3 is 0 Å². The van der Waals surface area contributed by atoms with Crippen LogP contribution in [0.3, 0.4) is 0 Å². The average Bonchev–Trinajstić information content (AvgIpc) is 3.11. The van der Waals surface area contributed by atoms with Crippen molar-refractivity contribution in [2.24, 2.45) is 0 Å². The second kappa shape index (κ2) is 6.13. The lowest BCUT2D eigenvalue weighted by atomic mass is 10.0. The zero-order chi connectivity index (χ0) is 16.5. The monoisotopic (exact) mass is 338 g/mol. The molecule has 0 bridgehead atoms. The van der Waals surface area contributed by atoms with Gasteiger partial charge in [-0.25, -0.2) is 0 Å². The van der Waals surface area contributed by atoms with Crippen molar-refractivity contribution in [1.82, 2.24) is 5.16 Å². The zero-order valence-corrected chi connectivity index (χ0v) is 13.7. The Morgan fingerprint density at radius 1 is 1.12 bits per heavy atom. The third-order valence-electron chi connectivity index (χ3n) is 4.22. The Bertz CT molecular complexity index is 904. The first-order valence-corrected chi connectivity index (χ1v) is 8.23. The summed E-state index contributed by atoms with van der Waals surface area (Å²) in [6, 6.07) is 17.0. The Balaban J connectivity index is 1.66. The number of nitrogens with zero attached hydrogens (tertiary/aromatic N) is 2. The first-order valence-electron chi connectivity index (χ1n) is 7.85. The molecule has 2 heterocycles. The van der Waals surface area contributed by atoms with Crippen LogP contribution in [0.25, 0.3) is 11.3 Å². The number of rotatable bonds is 2. The van der Waals surface area contributed by atoms with Crippen LogP contribution in [0.2, 0.25) is 5.02 Å². The third-order valence-corrected chi connectivity index (χ3v) is 4.55. The van der Waals surface area contributed by atoms with E-state index in [2.05, 4.69) is 11.2 Å². The molecular formula is C19H15ClN2O2. The molecule has 1 aliphatic rings. The first kappa shape index (κ1) is 15.0. The Kier molecular flexibility index (Phi) is 3.82. The van der Waals surface area contributed by atoms with E-state index in [-0.39, 0.29) is 5.91 Å². The van der Waals surface area contributed by atoms with Gasteiger partial charge in [-0.15, -0.1) is 0 Å². The number of hydrogen-bond acceptors (Lipinski definition) is 3. The van der Waals surface area contributed by atoms with Crippen molar-refractivity contribution in [3.8, 4) is 11.3 Å². The van der Waals surface area contributed by atoms with Crippen LogP contribution < -0.4 is 4.90 Å². The normalized spacial score (nSPS) is 13.6. The van der Waals surface area contributed by atoms with Gasteiger partial charge in [-0.3, -0.25) is 4.79 Å². The SMILES string of the molecule is O=C(c1cc(-c2ccccc2Cl)on1)N1CCCc2ccccc21. The summed E-state index contributed by atoms with van der Waals surface area (Å²) in [6.07, 6.45) is 1.93. The van der Waals surface area contributed by atoms with E-state index in [9.17, 15) is 4.79 Å². The van der Waals surface area contributed by atoms with E-state index < -0.39 is 0 Å². The molecule has 24 heavy (non-hydrogen) atoms. The number of carbonyl (C=O) groups is 1. The minimum absolute atomic E-state index is 0.149. The van der Waals surface area contributed by atoms with E-state index in [0.29, 0.717) is 23.0 Å². The molecule has 4 nitrogen and oxygen atoms in total. The maximum Gasteiger partial charge on any atom is 0.280 e. The summed E-state index contributed by atoms with van der Waals surface area (Å²) in [5, 5.41) is 4.52. The van der Waals surface area contributed by atoms with E-state index >= 15 is 0 Å². The van der Waals surface area contributed by atoms with E-state index in [1.54, 1.807) is 17.0 Å². The summed E-state index contributed by atoms with van der Waals surface area (Å²) in [7, 11) is 0. The molecule has 1 amide bonds. The molecule has 0 aliphatic carbocycles. The van der Waals surface area contributed by atoms with Gasteiger partial charge in [-0.1, -0.05) is 47.1 Å². The van der Waals surface area contributed by atoms with Crippen molar-refractivity contribution >= 4 is 23.2 Å². The van der Waals surface area contributed by atoms with Gasteiger partial charge in [0.1, 0.15) is 0 Å². The van der Waals surface area contributed by atoms with Gasteiger partial charge in [0.15, 0.2) is 11.5 Å². The second-order valence-electron chi connectivity index (χ2n) is 5.75. The summed E-state index contributed by atoms with van der Waals surface area (Å²) in [4.78, 5) is 14.6. The fourth-order valence-corrected chi connectivity index (χ4v) is 3.28. The molecule has 0 saturated heterocycles. The van der Waals surface area contributed by atoms with E-state index in [4.69, 9.17) is 16.1 Å². The van der Waals surface area contributed by atoms with Gasteiger partial charge in [0.25, 0.3) is 5.91 Å². The molecule has 4 rings (SSSR count). The van der Waals surface area contributed by atoms with Crippen molar-refractivity contribution in [3.63, 3.8) is 0 Å². The number of halogens is 1. The predicted octanol–water partition coefficient (Wildman–Crippen LogP) is 4.59. The summed E-state index contributed by atoms with van der Waals surface area (Å²) in [5.74, 6) is 0.346. The maximum atomic E-state index is 12.9. The highest BCUT2D eigenvalue weighted by Gasteiger charge is 2.26. The fraction of sp³-hybridized carbons (Fsp3) is 0.158. The number of amides is 1. The number of aromatic nitrogens is 1. The van der Waals surface area contributed by atoms with E-state index in [1.807, 2.05) is 36.4 Å². The number of aryl methyl sites for hydroxylation is 1. The number of benzene rings is 2. The molecule has 0 saturated carbocycles. The Labute approximate surface area is 144 Å². The molecule has 0 N–H and O–H groups in total. The molecule has 0 spiro atoms. The fourth-order valence-electron chi connectivity index (χ4n) is 3.05. The van der Waals surface area contributed by atoms with Crippen molar-refractivity contribution in [3.05, 3.63) is 70.9 Å². The Hall–Kier alpha value is -2.59. The summed E-state index contributed by atoms with van der Waals surface area (Å²) in [6.45, 7) is 0.685. The van der Waals surface area contributed by atoms with Gasteiger partial charge in [0, 0.05) is 23.9 Å². The van der Waals surface area contributed by atoms with Crippen LogP contribution in [-0.2, 0) is 6.42 Å². The smallest absolute Gasteiger partial charge is 0.280 e. The molecule has 0 unspecified atom stereocenters. The Morgan fingerprint density at radius 3 is 2.79 bits per heavy atom. The third kappa shape index (κ3) is 2.59. The van der Waals surface area contributed by atoms with Crippen LogP contribution in [-0.4, -0.2) is 17.6 Å². The lowest BCUT2D eigenvalue weighted by Crippen LogP contribution is -2.35. The molecule has 2 aromatic carbocycles. The van der Waals surface area contributed by atoms with Crippen LogP contribution in [0.1, 0.15) is 22.5 Å². The highest BCUT2D eigenvalue weighted by molar-refractivity contribution is 6.33. The van der Waals surface area contributed by atoms with Crippen molar-refractivity contribution in [1.29, 1.82) is 0 Å². The van der Waals surface area contributed by atoms with Crippen LogP contribution >= 0.6 is 11.6 Å². The molecule has 5 heteroatoms. The lowest BCUT2D eigenvalue weighted by molar-refractivity contribution is 0.0976. The molecule has 0 atom stereocenters. The molecular weight excluding hydrogens is 324 g/mol. The molecule has 3 aromatic rings. The Morgan fingerprint density at radius 2 is 1.92 bits per heavy atom. The topological polar surface area (TPSA) is 46.3 Å². The number of hydrogen-bond donors (Lipinski definition) is 0. The number of anilines is 1. The summed E-state index contributed by atoms with van der Waals surface area (Å²) < 4.78 is 5.35. The van der Waals surface area contributed by atoms with Crippen molar-refractivity contribution in [2.75, 3.05) is 11.4 Å². The second-order valence-corrected chi connectivity index (χ2v) is 6.15. The van der Waals surface area contributed by atoms with E-state index in [0.717, 1.165) is 24.1 Å². The van der Waals surface area contributed by atoms with Gasteiger partial charge < -0.3 is 9.42 Å².